The topological polar surface area (TPSA) is 66.6 Å². The minimum atomic E-state index is -0.790. The smallest absolute Gasteiger partial charge is 0.235 e. The lowest BCUT2D eigenvalue weighted by Crippen LogP contribution is -2.53. The molecule has 3 N–H and O–H groups in total. The zero-order valence-corrected chi connectivity index (χ0v) is 12.8. The van der Waals surface area contributed by atoms with E-state index in [0.717, 1.165) is 25.7 Å². The summed E-state index contributed by atoms with van der Waals surface area (Å²) in [6.07, 6.45) is 6.16. The number of aliphatic hydroxyl groups is 1. The van der Waals surface area contributed by atoms with Crippen LogP contribution in [0.25, 0.3) is 0 Å². The Kier molecular flexibility index (Phi) is 6.20. The first-order valence-electron chi connectivity index (χ1n) is 7.19. The SMILES string of the molecule is CCC(C)(C(=O)N(CCO)C1CCCCC1)C(N)=S. The number of amides is 1. The first kappa shape index (κ1) is 16.4. The highest BCUT2D eigenvalue weighted by molar-refractivity contribution is 7.80. The van der Waals surface area contributed by atoms with E-state index in [4.69, 9.17) is 18.0 Å². The molecule has 1 aliphatic rings. The first-order valence-corrected chi connectivity index (χ1v) is 7.60. The Labute approximate surface area is 121 Å². The summed E-state index contributed by atoms with van der Waals surface area (Å²) in [6, 6.07) is 0.230. The van der Waals surface area contributed by atoms with Crippen molar-refractivity contribution < 1.29 is 9.90 Å². The second kappa shape index (κ2) is 7.20. The van der Waals surface area contributed by atoms with Crippen molar-refractivity contribution in [3.05, 3.63) is 0 Å². The maximum absolute atomic E-state index is 12.8. The molecule has 0 aliphatic heterocycles. The fourth-order valence-electron chi connectivity index (χ4n) is 2.70. The maximum atomic E-state index is 12.8. The van der Waals surface area contributed by atoms with Crippen molar-refractivity contribution >= 4 is 23.1 Å². The Morgan fingerprint density at radius 3 is 2.42 bits per heavy atom. The Morgan fingerprint density at radius 2 is 2.00 bits per heavy atom. The van der Waals surface area contributed by atoms with E-state index < -0.39 is 5.41 Å². The molecule has 1 unspecified atom stereocenters. The lowest BCUT2D eigenvalue weighted by atomic mass is 9.84. The number of carbonyl (C=O) groups excluding carboxylic acids is 1. The van der Waals surface area contributed by atoms with Gasteiger partial charge in [0.2, 0.25) is 5.91 Å². The monoisotopic (exact) mass is 286 g/mol. The van der Waals surface area contributed by atoms with Crippen molar-refractivity contribution in [1.82, 2.24) is 4.90 Å². The van der Waals surface area contributed by atoms with E-state index in [-0.39, 0.29) is 23.5 Å². The van der Waals surface area contributed by atoms with Gasteiger partial charge in [0.15, 0.2) is 0 Å². The summed E-state index contributed by atoms with van der Waals surface area (Å²) in [5.74, 6) is -0.0246. The molecule has 0 aromatic carbocycles. The van der Waals surface area contributed by atoms with E-state index in [0.29, 0.717) is 13.0 Å². The molecule has 0 aromatic rings. The summed E-state index contributed by atoms with van der Waals surface area (Å²) in [5, 5.41) is 9.24. The normalized spacial score (nSPS) is 19.7. The fraction of sp³-hybridized carbons (Fsp3) is 0.857. The van der Waals surface area contributed by atoms with E-state index >= 15 is 0 Å². The molecule has 1 amide bonds. The molecule has 1 rings (SSSR count). The highest BCUT2D eigenvalue weighted by Crippen LogP contribution is 2.30. The van der Waals surface area contributed by atoms with Gasteiger partial charge in [0.1, 0.15) is 0 Å². The van der Waals surface area contributed by atoms with E-state index in [1.807, 2.05) is 18.7 Å². The second-order valence-corrected chi connectivity index (χ2v) is 6.00. The average molecular weight is 286 g/mol. The third-order valence-electron chi connectivity index (χ3n) is 4.34. The van der Waals surface area contributed by atoms with Gasteiger partial charge < -0.3 is 15.7 Å². The van der Waals surface area contributed by atoms with Crippen molar-refractivity contribution in [1.29, 1.82) is 0 Å². The van der Waals surface area contributed by atoms with Crippen molar-refractivity contribution in [2.24, 2.45) is 11.1 Å². The molecule has 0 spiro atoms. The summed E-state index contributed by atoms with van der Waals surface area (Å²) in [5.41, 5.74) is 4.98. The Bertz CT molecular complexity index is 329. The Hall–Kier alpha value is -0.680. The molecule has 0 heterocycles. The minimum Gasteiger partial charge on any atom is -0.395 e. The molecule has 1 aliphatic carbocycles. The van der Waals surface area contributed by atoms with Crippen LogP contribution in [0.3, 0.4) is 0 Å². The molecule has 0 radical (unpaired) electrons. The quantitative estimate of drug-likeness (QED) is 0.731. The van der Waals surface area contributed by atoms with Crippen LogP contribution in [0.2, 0.25) is 0 Å². The molecular weight excluding hydrogens is 260 g/mol. The number of nitrogens with zero attached hydrogens (tertiary/aromatic N) is 1. The van der Waals surface area contributed by atoms with E-state index in [1.165, 1.54) is 6.42 Å². The Morgan fingerprint density at radius 1 is 1.42 bits per heavy atom. The van der Waals surface area contributed by atoms with Crippen LogP contribution in [0.4, 0.5) is 0 Å². The van der Waals surface area contributed by atoms with Gasteiger partial charge in [-0.1, -0.05) is 38.4 Å². The van der Waals surface area contributed by atoms with Crippen LogP contribution in [0.15, 0.2) is 0 Å². The highest BCUT2D eigenvalue weighted by Gasteiger charge is 2.40. The lowest BCUT2D eigenvalue weighted by Gasteiger charge is -2.39. The minimum absolute atomic E-state index is 0.0145. The molecule has 5 heteroatoms. The van der Waals surface area contributed by atoms with Gasteiger partial charge >= 0.3 is 0 Å². The van der Waals surface area contributed by atoms with Gasteiger partial charge in [-0.2, -0.15) is 0 Å². The van der Waals surface area contributed by atoms with Crippen LogP contribution in [0, 0.1) is 5.41 Å². The van der Waals surface area contributed by atoms with Crippen LogP contribution in [0.1, 0.15) is 52.4 Å². The molecule has 0 aromatic heterocycles. The van der Waals surface area contributed by atoms with Crippen LogP contribution >= 0.6 is 12.2 Å². The van der Waals surface area contributed by atoms with Crippen molar-refractivity contribution in [3.8, 4) is 0 Å². The standard InChI is InChI=1S/C14H26N2O2S/c1-3-14(2,12(15)19)13(18)16(9-10-17)11-7-5-4-6-8-11/h11,17H,3-10H2,1-2H3,(H2,15,19). The first-order chi connectivity index (χ1) is 8.97. The van der Waals surface area contributed by atoms with Crippen LogP contribution in [-0.4, -0.2) is 40.1 Å². The van der Waals surface area contributed by atoms with Gasteiger partial charge in [-0.15, -0.1) is 0 Å². The number of hydrogen-bond donors (Lipinski definition) is 2. The van der Waals surface area contributed by atoms with E-state index in [9.17, 15) is 9.90 Å². The number of thiocarbonyl (C=S) groups is 1. The molecule has 0 saturated heterocycles. The maximum Gasteiger partial charge on any atom is 0.235 e. The van der Waals surface area contributed by atoms with Crippen LogP contribution < -0.4 is 5.73 Å². The number of hydrogen-bond acceptors (Lipinski definition) is 3. The molecule has 1 fully saturated rings. The van der Waals surface area contributed by atoms with Crippen molar-refractivity contribution in [3.63, 3.8) is 0 Å². The molecule has 4 nitrogen and oxygen atoms in total. The number of carbonyl (C=O) groups is 1. The zero-order chi connectivity index (χ0) is 14.5. The predicted octanol–water partition coefficient (Wildman–Crippen LogP) is 1.84. The zero-order valence-electron chi connectivity index (χ0n) is 12.0. The van der Waals surface area contributed by atoms with Crippen molar-refractivity contribution in [2.45, 2.75) is 58.4 Å². The molecule has 19 heavy (non-hydrogen) atoms. The largest absolute Gasteiger partial charge is 0.395 e. The third kappa shape index (κ3) is 3.66. The van der Waals surface area contributed by atoms with Gasteiger partial charge in [0.25, 0.3) is 0 Å². The molecule has 0 bridgehead atoms. The Balaban J connectivity index is 2.90. The van der Waals surface area contributed by atoms with Gasteiger partial charge in [0.05, 0.1) is 17.0 Å². The summed E-state index contributed by atoms with van der Waals surface area (Å²) >= 11 is 5.08. The summed E-state index contributed by atoms with van der Waals surface area (Å²) in [7, 11) is 0. The second-order valence-electron chi connectivity index (χ2n) is 5.56. The van der Waals surface area contributed by atoms with Crippen LogP contribution in [0.5, 0.6) is 0 Å². The summed E-state index contributed by atoms with van der Waals surface area (Å²) in [4.78, 5) is 14.8. The number of rotatable bonds is 6. The molecule has 1 atom stereocenters. The van der Waals surface area contributed by atoms with E-state index in [2.05, 4.69) is 0 Å². The average Bonchev–Trinajstić information content (AvgIpc) is 2.43. The number of nitrogens with two attached hydrogens (primary N) is 1. The number of aliphatic hydroxyl groups excluding tert-OH is 1. The summed E-state index contributed by atoms with van der Waals surface area (Å²) < 4.78 is 0. The fourth-order valence-corrected chi connectivity index (χ4v) is 2.93. The summed E-state index contributed by atoms with van der Waals surface area (Å²) in [6.45, 7) is 4.10. The molecular formula is C14H26N2O2S. The van der Waals surface area contributed by atoms with Crippen LogP contribution in [-0.2, 0) is 4.79 Å². The molecule has 1 saturated carbocycles. The molecule has 110 valence electrons. The van der Waals surface area contributed by atoms with Gasteiger partial charge in [-0.25, -0.2) is 0 Å². The third-order valence-corrected chi connectivity index (χ3v) is 4.79. The predicted molar refractivity (Wildman–Crippen MR) is 80.9 cm³/mol. The highest BCUT2D eigenvalue weighted by atomic mass is 32.1. The van der Waals surface area contributed by atoms with E-state index in [1.54, 1.807) is 0 Å². The van der Waals surface area contributed by atoms with Gasteiger partial charge in [-0.05, 0) is 26.2 Å². The van der Waals surface area contributed by atoms with Crippen molar-refractivity contribution in [2.75, 3.05) is 13.2 Å². The lowest BCUT2D eigenvalue weighted by molar-refractivity contribution is -0.141. The van der Waals surface area contributed by atoms with Gasteiger partial charge in [0, 0.05) is 12.6 Å². The van der Waals surface area contributed by atoms with Gasteiger partial charge in [-0.3, -0.25) is 4.79 Å².